The normalized spacial score (nSPS) is 24.6. The minimum absolute atomic E-state index is 0.141. The van der Waals surface area contributed by atoms with Gasteiger partial charge in [-0.3, -0.25) is 9.58 Å². The van der Waals surface area contributed by atoms with Gasteiger partial charge in [-0.15, -0.1) is 0 Å². The number of aliphatic hydroxyl groups excluding tert-OH is 1. The van der Waals surface area contributed by atoms with Crippen LogP contribution in [0.3, 0.4) is 0 Å². The summed E-state index contributed by atoms with van der Waals surface area (Å²) in [5.74, 6) is 0. The van der Waals surface area contributed by atoms with Crippen LogP contribution in [0.2, 0.25) is 0 Å². The molecule has 1 aliphatic rings. The molecule has 5 nitrogen and oxygen atoms in total. The summed E-state index contributed by atoms with van der Waals surface area (Å²) in [5.41, 5.74) is 0.824. The van der Waals surface area contributed by atoms with Gasteiger partial charge in [0.15, 0.2) is 0 Å². The monoisotopic (exact) mass is 225 g/mol. The van der Waals surface area contributed by atoms with E-state index in [9.17, 15) is 5.11 Å². The Balaban J connectivity index is 2.01. The molecule has 2 heterocycles. The summed E-state index contributed by atoms with van der Waals surface area (Å²) in [5, 5.41) is 14.2. The van der Waals surface area contributed by atoms with Gasteiger partial charge in [0.2, 0.25) is 0 Å². The van der Waals surface area contributed by atoms with E-state index in [1.54, 1.807) is 10.9 Å². The molecule has 1 aliphatic heterocycles. The average molecular weight is 225 g/mol. The van der Waals surface area contributed by atoms with Gasteiger partial charge >= 0.3 is 0 Å². The first-order valence-corrected chi connectivity index (χ1v) is 5.71. The summed E-state index contributed by atoms with van der Waals surface area (Å²) in [6.07, 6.45) is 2.80. The van der Waals surface area contributed by atoms with Gasteiger partial charge in [0.1, 0.15) is 12.2 Å². The molecular formula is C11H19N3O2. The molecule has 0 amide bonds. The fraction of sp³-hybridized carbons (Fsp3) is 0.727. The van der Waals surface area contributed by atoms with E-state index in [1.807, 2.05) is 13.2 Å². The Morgan fingerprint density at radius 1 is 1.69 bits per heavy atom. The predicted molar refractivity (Wildman–Crippen MR) is 60.0 cm³/mol. The Morgan fingerprint density at radius 3 is 3.12 bits per heavy atom. The minimum atomic E-state index is -0.581. The van der Waals surface area contributed by atoms with Crippen LogP contribution in [-0.4, -0.2) is 52.1 Å². The van der Waals surface area contributed by atoms with Crippen LogP contribution in [-0.2, 0) is 11.8 Å². The third-order valence-corrected chi connectivity index (χ3v) is 3.04. The van der Waals surface area contributed by atoms with Gasteiger partial charge in [0.05, 0.1) is 12.8 Å². The topological polar surface area (TPSA) is 50.5 Å². The first-order valence-electron chi connectivity index (χ1n) is 5.71. The van der Waals surface area contributed by atoms with Crippen LogP contribution in [0.5, 0.6) is 0 Å². The van der Waals surface area contributed by atoms with Crippen LogP contribution in [0.1, 0.15) is 18.6 Å². The summed E-state index contributed by atoms with van der Waals surface area (Å²) < 4.78 is 7.30. The minimum Gasteiger partial charge on any atom is -0.386 e. The average Bonchev–Trinajstić information content (AvgIpc) is 2.75. The maximum absolute atomic E-state index is 10.2. The molecule has 1 saturated heterocycles. The fourth-order valence-corrected chi connectivity index (χ4v) is 2.02. The number of ether oxygens (including phenoxy) is 1. The maximum Gasteiger partial charge on any atom is 0.109 e. The van der Waals surface area contributed by atoms with Gasteiger partial charge in [-0.1, -0.05) is 6.92 Å². The second kappa shape index (κ2) is 4.95. The quantitative estimate of drug-likeness (QED) is 0.797. The molecule has 1 N–H and O–H groups in total. The first kappa shape index (κ1) is 11.6. The van der Waals surface area contributed by atoms with Crippen molar-refractivity contribution in [2.24, 2.45) is 7.05 Å². The lowest BCUT2D eigenvalue weighted by atomic mass is 10.1. The molecule has 90 valence electrons. The standard InChI is InChI=1S/C11H19N3O2/c1-3-14-4-5-16-10(8-14)11(15)9-6-12-13(2)7-9/h6-7,10-11,15H,3-5,8H2,1-2H3. The molecule has 0 aromatic carbocycles. The maximum atomic E-state index is 10.2. The zero-order valence-electron chi connectivity index (χ0n) is 9.83. The van der Waals surface area contributed by atoms with Gasteiger partial charge in [-0.05, 0) is 6.54 Å². The van der Waals surface area contributed by atoms with Crippen molar-refractivity contribution in [2.45, 2.75) is 19.1 Å². The van der Waals surface area contributed by atoms with Crippen molar-refractivity contribution in [1.82, 2.24) is 14.7 Å². The molecule has 1 aromatic rings. The summed E-state index contributed by atoms with van der Waals surface area (Å²) in [4.78, 5) is 2.29. The van der Waals surface area contributed by atoms with Crippen molar-refractivity contribution >= 4 is 0 Å². The molecule has 2 rings (SSSR count). The van der Waals surface area contributed by atoms with Crippen LogP contribution < -0.4 is 0 Å². The second-order valence-corrected chi connectivity index (χ2v) is 4.19. The zero-order valence-corrected chi connectivity index (χ0v) is 9.83. The Labute approximate surface area is 95.6 Å². The van der Waals surface area contributed by atoms with Crippen LogP contribution in [0, 0.1) is 0 Å². The lowest BCUT2D eigenvalue weighted by Crippen LogP contribution is -2.44. The predicted octanol–water partition coefficient (Wildman–Crippen LogP) is 0.174. The molecule has 0 radical (unpaired) electrons. The molecule has 0 spiro atoms. The van der Waals surface area contributed by atoms with E-state index >= 15 is 0 Å². The largest absolute Gasteiger partial charge is 0.386 e. The highest BCUT2D eigenvalue weighted by atomic mass is 16.5. The number of aryl methyl sites for hydroxylation is 1. The molecule has 1 fully saturated rings. The summed E-state index contributed by atoms with van der Waals surface area (Å²) in [6.45, 7) is 5.55. The van der Waals surface area contributed by atoms with Crippen LogP contribution in [0.15, 0.2) is 12.4 Å². The van der Waals surface area contributed by atoms with Gasteiger partial charge in [0.25, 0.3) is 0 Å². The van der Waals surface area contributed by atoms with Gasteiger partial charge < -0.3 is 9.84 Å². The number of aromatic nitrogens is 2. The van der Waals surface area contributed by atoms with Crippen LogP contribution >= 0.6 is 0 Å². The van der Waals surface area contributed by atoms with Crippen molar-refractivity contribution in [3.8, 4) is 0 Å². The lowest BCUT2D eigenvalue weighted by Gasteiger charge is -2.34. The first-order chi connectivity index (χ1) is 7.70. The molecule has 2 atom stereocenters. The summed E-state index contributed by atoms with van der Waals surface area (Å²) in [6, 6.07) is 0. The summed E-state index contributed by atoms with van der Waals surface area (Å²) in [7, 11) is 1.84. The van der Waals surface area contributed by atoms with Crippen molar-refractivity contribution in [3.63, 3.8) is 0 Å². The second-order valence-electron chi connectivity index (χ2n) is 4.19. The fourth-order valence-electron chi connectivity index (χ4n) is 2.02. The zero-order chi connectivity index (χ0) is 11.5. The van der Waals surface area contributed by atoms with E-state index in [0.717, 1.165) is 25.2 Å². The number of nitrogens with zero attached hydrogens (tertiary/aromatic N) is 3. The molecule has 5 heteroatoms. The molecule has 1 aromatic heterocycles. The van der Waals surface area contributed by atoms with Crippen LogP contribution in [0.25, 0.3) is 0 Å². The van der Waals surface area contributed by atoms with Crippen molar-refractivity contribution in [3.05, 3.63) is 18.0 Å². The van der Waals surface area contributed by atoms with E-state index in [4.69, 9.17) is 4.74 Å². The van der Waals surface area contributed by atoms with Crippen LogP contribution in [0.4, 0.5) is 0 Å². The van der Waals surface area contributed by atoms with Crippen molar-refractivity contribution in [2.75, 3.05) is 26.2 Å². The molecule has 0 bridgehead atoms. The van der Waals surface area contributed by atoms with E-state index in [1.165, 1.54) is 0 Å². The molecule has 2 unspecified atom stereocenters. The molecule has 0 aliphatic carbocycles. The van der Waals surface area contributed by atoms with Gasteiger partial charge in [0, 0.05) is 31.9 Å². The number of likely N-dealkylation sites (N-methyl/N-ethyl adjacent to an activating group) is 1. The third kappa shape index (κ3) is 2.42. The van der Waals surface area contributed by atoms with E-state index in [2.05, 4.69) is 16.9 Å². The highest BCUT2D eigenvalue weighted by molar-refractivity contribution is 5.10. The number of hydrogen-bond acceptors (Lipinski definition) is 4. The third-order valence-electron chi connectivity index (χ3n) is 3.04. The SMILES string of the molecule is CCN1CCOC(C(O)c2cnn(C)c2)C1. The molecule has 0 saturated carbocycles. The lowest BCUT2D eigenvalue weighted by molar-refractivity contribution is -0.0889. The summed E-state index contributed by atoms with van der Waals surface area (Å²) >= 11 is 0. The number of morpholine rings is 1. The Morgan fingerprint density at radius 2 is 2.50 bits per heavy atom. The number of aliphatic hydroxyl groups is 1. The van der Waals surface area contributed by atoms with Crippen molar-refractivity contribution in [1.29, 1.82) is 0 Å². The van der Waals surface area contributed by atoms with Gasteiger partial charge in [-0.2, -0.15) is 5.10 Å². The van der Waals surface area contributed by atoms with E-state index in [0.29, 0.717) is 6.61 Å². The molecule has 16 heavy (non-hydrogen) atoms. The number of rotatable bonds is 3. The van der Waals surface area contributed by atoms with Gasteiger partial charge in [-0.25, -0.2) is 0 Å². The number of hydrogen-bond donors (Lipinski definition) is 1. The van der Waals surface area contributed by atoms with E-state index < -0.39 is 6.10 Å². The van der Waals surface area contributed by atoms with Crippen molar-refractivity contribution < 1.29 is 9.84 Å². The molecular weight excluding hydrogens is 206 g/mol. The highest BCUT2D eigenvalue weighted by Crippen LogP contribution is 2.21. The van der Waals surface area contributed by atoms with E-state index in [-0.39, 0.29) is 6.10 Å². The Kier molecular flexibility index (Phi) is 3.58. The Hall–Kier alpha value is -0.910. The highest BCUT2D eigenvalue weighted by Gasteiger charge is 2.27. The Bertz CT molecular complexity index is 340. The smallest absolute Gasteiger partial charge is 0.109 e.